The number of rotatable bonds is 5. The van der Waals surface area contributed by atoms with Gasteiger partial charge < -0.3 is 0 Å². The van der Waals surface area contributed by atoms with Crippen molar-refractivity contribution in [2.75, 3.05) is 5.75 Å². The fraction of sp³-hybridized carbons (Fsp3) is 0.0625. The van der Waals surface area contributed by atoms with Gasteiger partial charge in [0.2, 0.25) is 0 Å². The number of carbonyl (C=O) groups excluding carboxylic acids is 1. The molecule has 23 heavy (non-hydrogen) atoms. The monoisotopic (exact) mass is 325 g/mol. The molecule has 0 unspecified atom stereocenters. The highest BCUT2D eigenvalue weighted by atomic mass is 32.2. The molecule has 1 heterocycles. The second-order valence-electron chi connectivity index (χ2n) is 4.71. The van der Waals surface area contributed by atoms with Crippen LogP contribution in [0.25, 0.3) is 10.9 Å². The first kappa shape index (κ1) is 15.1. The Balaban J connectivity index is 1.74. The lowest BCUT2D eigenvalue weighted by molar-refractivity contribution is -0.384. The number of nitro benzene ring substituents is 1. The van der Waals surface area contributed by atoms with Crippen molar-refractivity contribution in [1.82, 2.24) is 9.97 Å². The smallest absolute Gasteiger partial charge is 0.269 e. The number of hydrogen-bond acceptors (Lipinski definition) is 6. The van der Waals surface area contributed by atoms with Crippen LogP contribution >= 0.6 is 11.8 Å². The van der Waals surface area contributed by atoms with Crippen LogP contribution in [0.4, 0.5) is 5.69 Å². The van der Waals surface area contributed by atoms with Crippen LogP contribution < -0.4 is 0 Å². The highest BCUT2D eigenvalue weighted by Crippen LogP contribution is 2.25. The van der Waals surface area contributed by atoms with Gasteiger partial charge in [0.15, 0.2) is 5.78 Å². The summed E-state index contributed by atoms with van der Waals surface area (Å²) in [6.07, 6.45) is 1.47. The summed E-state index contributed by atoms with van der Waals surface area (Å²) in [4.78, 5) is 30.7. The molecule has 0 aliphatic carbocycles. The number of nitro groups is 1. The first-order valence-corrected chi connectivity index (χ1v) is 7.74. The van der Waals surface area contributed by atoms with Crippen LogP contribution in [0.1, 0.15) is 10.4 Å². The van der Waals surface area contributed by atoms with Crippen molar-refractivity contribution in [3.63, 3.8) is 0 Å². The van der Waals surface area contributed by atoms with Crippen molar-refractivity contribution in [3.05, 3.63) is 70.5 Å². The molecule has 0 atom stereocenters. The van der Waals surface area contributed by atoms with Crippen LogP contribution in [0, 0.1) is 10.1 Å². The van der Waals surface area contributed by atoms with Gasteiger partial charge in [-0.15, -0.1) is 0 Å². The van der Waals surface area contributed by atoms with E-state index in [-0.39, 0.29) is 17.2 Å². The van der Waals surface area contributed by atoms with Crippen LogP contribution in [0.3, 0.4) is 0 Å². The molecule has 0 saturated carbocycles. The number of thioether (sulfide) groups is 1. The highest BCUT2D eigenvalue weighted by Gasteiger charge is 2.11. The highest BCUT2D eigenvalue weighted by molar-refractivity contribution is 8.00. The van der Waals surface area contributed by atoms with Gasteiger partial charge >= 0.3 is 0 Å². The number of fused-ring (bicyclic) bond motifs is 1. The zero-order valence-corrected chi connectivity index (χ0v) is 12.7. The lowest BCUT2D eigenvalue weighted by Crippen LogP contribution is -2.03. The van der Waals surface area contributed by atoms with Crippen LogP contribution in [-0.2, 0) is 0 Å². The zero-order chi connectivity index (χ0) is 16.2. The van der Waals surface area contributed by atoms with Crippen LogP contribution in [0.15, 0.2) is 59.9 Å². The van der Waals surface area contributed by atoms with E-state index in [4.69, 9.17) is 0 Å². The molecule has 6 nitrogen and oxygen atoms in total. The SMILES string of the molecule is O=C(CSc1ncnc2ccccc12)c1ccc([N+](=O)[O-])cc1. The van der Waals surface area contributed by atoms with Gasteiger partial charge in [0.25, 0.3) is 5.69 Å². The van der Waals surface area contributed by atoms with Gasteiger partial charge in [-0.2, -0.15) is 0 Å². The molecule has 0 bridgehead atoms. The summed E-state index contributed by atoms with van der Waals surface area (Å²) in [5.74, 6) is 0.103. The van der Waals surface area contributed by atoms with Crippen LogP contribution in [-0.4, -0.2) is 26.4 Å². The van der Waals surface area contributed by atoms with Crippen molar-refractivity contribution in [2.24, 2.45) is 0 Å². The second kappa shape index (κ2) is 6.53. The Morgan fingerprint density at radius 1 is 1.09 bits per heavy atom. The Morgan fingerprint density at radius 3 is 2.57 bits per heavy atom. The van der Waals surface area contributed by atoms with Crippen LogP contribution in [0.2, 0.25) is 0 Å². The molecule has 114 valence electrons. The molecule has 0 N–H and O–H groups in total. The van der Waals surface area contributed by atoms with Crippen molar-refractivity contribution in [1.29, 1.82) is 0 Å². The number of aromatic nitrogens is 2. The van der Waals surface area contributed by atoms with Gasteiger partial charge in [0.1, 0.15) is 11.4 Å². The molecule has 2 aromatic carbocycles. The number of hydrogen-bond donors (Lipinski definition) is 0. The molecule has 0 aliphatic rings. The fourth-order valence-electron chi connectivity index (χ4n) is 2.08. The van der Waals surface area contributed by atoms with Gasteiger partial charge in [0, 0.05) is 23.1 Å². The lowest BCUT2D eigenvalue weighted by Gasteiger charge is -2.04. The molecule has 0 saturated heterocycles. The summed E-state index contributed by atoms with van der Waals surface area (Å²) >= 11 is 1.33. The predicted octanol–water partition coefficient (Wildman–Crippen LogP) is 3.51. The minimum Gasteiger partial charge on any atom is -0.293 e. The topological polar surface area (TPSA) is 86.0 Å². The summed E-state index contributed by atoms with van der Waals surface area (Å²) in [7, 11) is 0. The molecule has 0 amide bonds. The van der Waals surface area contributed by atoms with E-state index in [2.05, 4.69) is 9.97 Å². The summed E-state index contributed by atoms with van der Waals surface area (Å²) < 4.78 is 0. The van der Waals surface area contributed by atoms with Gasteiger partial charge in [-0.1, -0.05) is 30.0 Å². The van der Waals surface area contributed by atoms with E-state index in [1.807, 2.05) is 24.3 Å². The molecule has 3 rings (SSSR count). The minimum atomic E-state index is -0.490. The maximum atomic E-state index is 12.2. The predicted molar refractivity (Wildman–Crippen MR) is 87.7 cm³/mol. The van der Waals surface area contributed by atoms with E-state index in [0.717, 1.165) is 15.9 Å². The number of non-ortho nitro benzene ring substituents is 1. The fourth-order valence-corrected chi connectivity index (χ4v) is 2.97. The maximum absolute atomic E-state index is 12.2. The number of benzene rings is 2. The number of nitrogens with zero attached hydrogens (tertiary/aromatic N) is 3. The van der Waals surface area contributed by atoms with Gasteiger partial charge in [-0.05, 0) is 18.2 Å². The van der Waals surface area contributed by atoms with E-state index in [9.17, 15) is 14.9 Å². The van der Waals surface area contributed by atoms with Gasteiger partial charge in [0.05, 0.1) is 16.2 Å². The third-order valence-corrected chi connectivity index (χ3v) is 4.25. The molecule has 0 spiro atoms. The molecule has 0 aliphatic heterocycles. The van der Waals surface area contributed by atoms with Gasteiger partial charge in [-0.25, -0.2) is 9.97 Å². The zero-order valence-electron chi connectivity index (χ0n) is 11.9. The van der Waals surface area contributed by atoms with Crippen molar-refractivity contribution in [2.45, 2.75) is 5.03 Å². The molecule has 0 radical (unpaired) electrons. The molecule has 7 heteroatoms. The van der Waals surface area contributed by atoms with Gasteiger partial charge in [-0.3, -0.25) is 14.9 Å². The Bertz CT molecular complexity index is 876. The number of carbonyl (C=O) groups is 1. The Hall–Kier alpha value is -2.80. The Kier molecular flexibility index (Phi) is 4.29. The number of ketones is 1. The maximum Gasteiger partial charge on any atom is 0.269 e. The molecular formula is C16H11N3O3S. The Labute approximate surface area is 135 Å². The third-order valence-electron chi connectivity index (χ3n) is 3.25. The first-order chi connectivity index (χ1) is 11.1. The van der Waals surface area contributed by atoms with Crippen LogP contribution in [0.5, 0.6) is 0 Å². The quantitative estimate of drug-likeness (QED) is 0.234. The minimum absolute atomic E-state index is 0.0315. The van der Waals surface area contributed by atoms with E-state index < -0.39 is 4.92 Å². The lowest BCUT2D eigenvalue weighted by atomic mass is 10.1. The van der Waals surface area contributed by atoms with E-state index in [1.165, 1.54) is 42.4 Å². The summed E-state index contributed by atoms with van der Waals surface area (Å²) in [5, 5.41) is 12.3. The van der Waals surface area contributed by atoms with E-state index in [0.29, 0.717) is 5.56 Å². The number of Topliss-reactive ketones (excluding diaryl/α,β-unsaturated/α-hetero) is 1. The van der Waals surface area contributed by atoms with Crippen molar-refractivity contribution >= 4 is 34.1 Å². The van der Waals surface area contributed by atoms with Crippen molar-refractivity contribution < 1.29 is 9.72 Å². The molecular weight excluding hydrogens is 314 g/mol. The van der Waals surface area contributed by atoms with E-state index >= 15 is 0 Å². The van der Waals surface area contributed by atoms with Crippen molar-refractivity contribution in [3.8, 4) is 0 Å². The first-order valence-electron chi connectivity index (χ1n) is 6.75. The average Bonchev–Trinajstić information content (AvgIpc) is 2.59. The average molecular weight is 325 g/mol. The summed E-state index contributed by atoms with van der Waals surface area (Å²) in [5.41, 5.74) is 1.24. The third kappa shape index (κ3) is 3.35. The normalized spacial score (nSPS) is 10.6. The Morgan fingerprint density at radius 2 is 1.83 bits per heavy atom. The second-order valence-corrected chi connectivity index (χ2v) is 5.68. The largest absolute Gasteiger partial charge is 0.293 e. The van der Waals surface area contributed by atoms with E-state index in [1.54, 1.807) is 0 Å². The standard InChI is InChI=1S/C16H11N3O3S/c20-15(11-5-7-12(8-6-11)19(21)22)9-23-16-13-3-1-2-4-14(13)17-10-18-16/h1-8,10H,9H2. The summed E-state index contributed by atoms with van der Waals surface area (Å²) in [6, 6.07) is 13.2. The number of para-hydroxylation sites is 1. The molecule has 0 fully saturated rings. The summed E-state index contributed by atoms with van der Waals surface area (Å²) in [6.45, 7) is 0. The molecule has 1 aromatic heterocycles. The molecule has 3 aromatic rings.